The van der Waals surface area contributed by atoms with Crippen LogP contribution in [0.1, 0.15) is 86.8 Å². The summed E-state index contributed by atoms with van der Waals surface area (Å²) >= 11 is 0. The number of aliphatic hydroxyl groups is 2. The molecule has 2 aliphatic heterocycles. The van der Waals surface area contributed by atoms with Gasteiger partial charge in [-0.15, -0.1) is 6.58 Å². The van der Waals surface area contributed by atoms with Gasteiger partial charge in [-0.25, -0.2) is 4.79 Å². The number of ether oxygens (including phenoxy) is 6. The average Bonchev–Trinajstić information content (AvgIpc) is 3.66. The summed E-state index contributed by atoms with van der Waals surface area (Å²) in [7, 11) is 0. The minimum Gasteiger partial charge on any atom is -0.459 e. The van der Waals surface area contributed by atoms with Crippen LogP contribution in [-0.4, -0.2) is 84.7 Å². The van der Waals surface area contributed by atoms with Gasteiger partial charge < -0.3 is 43.5 Å². The van der Waals surface area contributed by atoms with Crippen LogP contribution in [0.4, 0.5) is 4.79 Å². The van der Waals surface area contributed by atoms with E-state index in [0.717, 1.165) is 82.7 Å². The topological polar surface area (TPSA) is 138 Å². The molecule has 1 saturated carbocycles. The number of amides is 1. The molecule has 77 heavy (non-hydrogen) atoms. The first kappa shape index (κ1) is 53.6. The van der Waals surface area contributed by atoms with Gasteiger partial charge in [-0.3, -0.25) is 4.90 Å². The van der Waals surface area contributed by atoms with Crippen LogP contribution in [0.2, 0.25) is 0 Å². The van der Waals surface area contributed by atoms with Gasteiger partial charge in [-0.1, -0.05) is 145 Å². The Labute approximate surface area is 452 Å². The second-order valence-electron chi connectivity index (χ2n) is 20.6. The zero-order valence-corrected chi connectivity index (χ0v) is 44.0. The van der Waals surface area contributed by atoms with Gasteiger partial charge >= 0.3 is 6.09 Å². The predicted octanol–water partition coefficient (Wildman–Crippen LogP) is 13.3. The number of fused-ring (bicyclic) bond motifs is 3. The zero-order valence-electron chi connectivity index (χ0n) is 44.0. The van der Waals surface area contributed by atoms with Crippen LogP contribution in [0.15, 0.2) is 175 Å². The van der Waals surface area contributed by atoms with E-state index in [1.165, 1.54) is 0 Å². The first-order valence-corrected chi connectivity index (χ1v) is 27.7. The molecule has 1 amide bonds. The van der Waals surface area contributed by atoms with Crippen LogP contribution in [-0.2, 0) is 36.9 Å². The van der Waals surface area contributed by atoms with Gasteiger partial charge in [0, 0.05) is 37.5 Å². The first-order valence-electron chi connectivity index (χ1n) is 27.7. The average molecular weight is 1040 g/mol. The SMILES string of the molecule is C=CCOC12Oc3ccc(Oc4ccc(-c5ccccc5)cc4)cc3C3C(CCCCO)C(CCCCO)C=C(C(=NOC4CCCCO4)CC1N(Cc1cccc4ccccc14)C(=O)OCCOCc1ccccc1)C32. The lowest BCUT2D eigenvalue weighted by atomic mass is 9.55. The van der Waals surface area contributed by atoms with Crippen LogP contribution in [0.5, 0.6) is 17.2 Å². The standard InChI is InChI=1S/C65H72N2O10/c1-2-37-74-65-60(67(44-51-25-17-24-49-22-9-10-26-54(49)51)64(70)73-40-39-71-45-46-18-5-3-6-19-46)43-58(66-77-61-28-13-16-38-72-61)56-41-50(23-11-14-35-68)55(27-12-15-36-69)62(63(56)65)57-42-53(33-34-59(57)76-65)75-52-31-29-48(30-32-52)47-20-7-4-8-21-47/h2-10,17-22,24-26,29-34,41-42,50,55,60-63,68-69H,1,11-16,23,27-28,35-40,43-45H2. The third-order valence-corrected chi connectivity index (χ3v) is 15.7. The largest absolute Gasteiger partial charge is 0.459 e. The van der Waals surface area contributed by atoms with Crippen molar-refractivity contribution < 1.29 is 48.3 Å². The van der Waals surface area contributed by atoms with E-state index in [-0.39, 0.29) is 63.8 Å². The summed E-state index contributed by atoms with van der Waals surface area (Å²) in [4.78, 5) is 23.6. The van der Waals surface area contributed by atoms with Crippen LogP contribution >= 0.6 is 0 Å². The summed E-state index contributed by atoms with van der Waals surface area (Å²) in [5.74, 6) is -0.336. The molecule has 4 aliphatic rings. The second kappa shape index (κ2) is 26.0. The van der Waals surface area contributed by atoms with Crippen molar-refractivity contribution >= 4 is 22.6 Å². The van der Waals surface area contributed by atoms with E-state index in [4.69, 9.17) is 38.4 Å². The number of hydrogen-bond acceptors (Lipinski definition) is 11. The Morgan fingerprint density at radius 2 is 1.53 bits per heavy atom. The third kappa shape index (κ3) is 12.5. The molecular weight excluding hydrogens is 969 g/mol. The maximum absolute atomic E-state index is 15.4. The van der Waals surface area contributed by atoms with Crippen molar-refractivity contribution in [2.75, 3.05) is 39.6 Å². The van der Waals surface area contributed by atoms with Gasteiger partial charge in [0.2, 0.25) is 12.1 Å². The van der Waals surface area contributed by atoms with Crippen molar-refractivity contribution in [2.24, 2.45) is 22.9 Å². The number of aliphatic hydroxyl groups excluding tert-OH is 2. The Morgan fingerprint density at radius 3 is 2.31 bits per heavy atom. The van der Waals surface area contributed by atoms with E-state index in [1.54, 1.807) is 11.0 Å². The molecule has 7 unspecified atom stereocenters. The molecule has 2 N–H and O–H groups in total. The molecule has 2 aliphatic carbocycles. The number of allylic oxidation sites excluding steroid dienone is 1. The minimum atomic E-state index is -1.52. The number of hydrogen-bond donors (Lipinski definition) is 2. The molecule has 10 rings (SSSR count). The summed E-state index contributed by atoms with van der Waals surface area (Å²) in [6.45, 7) is 5.73. The molecule has 2 heterocycles. The molecule has 402 valence electrons. The maximum atomic E-state index is 15.4. The first-order chi connectivity index (χ1) is 38.0. The summed E-state index contributed by atoms with van der Waals surface area (Å²) in [6, 6.07) is 47.8. The van der Waals surface area contributed by atoms with Crippen LogP contribution in [0, 0.1) is 17.8 Å². The van der Waals surface area contributed by atoms with E-state index in [1.807, 2.05) is 91.0 Å². The zero-order chi connectivity index (χ0) is 52.8. The smallest absolute Gasteiger partial charge is 0.410 e. The summed E-state index contributed by atoms with van der Waals surface area (Å²) in [5.41, 5.74) is 6.72. The van der Waals surface area contributed by atoms with E-state index < -0.39 is 30.1 Å². The predicted molar refractivity (Wildman–Crippen MR) is 299 cm³/mol. The molecule has 0 aromatic heterocycles. The number of rotatable bonds is 24. The van der Waals surface area contributed by atoms with E-state index >= 15 is 4.79 Å². The molecule has 2 fully saturated rings. The second-order valence-corrected chi connectivity index (χ2v) is 20.6. The van der Waals surface area contributed by atoms with Crippen molar-refractivity contribution in [1.82, 2.24) is 4.90 Å². The summed E-state index contributed by atoms with van der Waals surface area (Å²) < 4.78 is 40.1. The number of oxime groups is 1. The monoisotopic (exact) mass is 1040 g/mol. The van der Waals surface area contributed by atoms with Gasteiger partial charge in [0.05, 0.1) is 44.6 Å². The van der Waals surface area contributed by atoms with Gasteiger partial charge in [0.1, 0.15) is 29.9 Å². The van der Waals surface area contributed by atoms with Gasteiger partial charge in [0.15, 0.2) is 0 Å². The van der Waals surface area contributed by atoms with Crippen molar-refractivity contribution in [3.8, 4) is 28.4 Å². The number of carbonyl (C=O) groups excluding carboxylic acids is 1. The number of carbonyl (C=O) groups is 1. The molecule has 7 atom stereocenters. The van der Waals surface area contributed by atoms with Gasteiger partial charge in [-0.2, -0.15) is 0 Å². The summed E-state index contributed by atoms with van der Waals surface area (Å²) in [6.07, 6.45) is 10.3. The Kier molecular flexibility index (Phi) is 18.1. The Hall–Kier alpha value is -6.80. The number of unbranched alkanes of at least 4 members (excludes halogenated alkanes) is 2. The lowest BCUT2D eigenvalue weighted by Gasteiger charge is -2.60. The van der Waals surface area contributed by atoms with Gasteiger partial charge in [-0.05, 0) is 119 Å². The van der Waals surface area contributed by atoms with Crippen molar-refractivity contribution in [3.63, 3.8) is 0 Å². The molecule has 12 nitrogen and oxygen atoms in total. The Morgan fingerprint density at radius 1 is 0.792 bits per heavy atom. The quantitative estimate of drug-likeness (QED) is 0.0342. The lowest BCUT2D eigenvalue weighted by molar-refractivity contribution is -0.256. The molecular formula is C65H72N2O10. The van der Waals surface area contributed by atoms with Crippen LogP contribution < -0.4 is 9.47 Å². The number of nitrogens with zero attached hydrogens (tertiary/aromatic N) is 2. The fourth-order valence-corrected chi connectivity index (χ4v) is 12.1. The van der Waals surface area contributed by atoms with Crippen LogP contribution in [0.25, 0.3) is 21.9 Å². The van der Waals surface area contributed by atoms with Gasteiger partial charge in [0.25, 0.3) is 0 Å². The van der Waals surface area contributed by atoms with Crippen molar-refractivity contribution in [2.45, 2.75) is 101 Å². The van der Waals surface area contributed by atoms with E-state index in [9.17, 15) is 10.2 Å². The lowest BCUT2D eigenvalue weighted by Crippen LogP contribution is -2.70. The highest BCUT2D eigenvalue weighted by molar-refractivity contribution is 6.03. The Bertz CT molecular complexity index is 2940. The van der Waals surface area contributed by atoms with Crippen molar-refractivity contribution in [1.29, 1.82) is 0 Å². The molecule has 6 aromatic rings. The molecule has 6 aromatic carbocycles. The van der Waals surface area contributed by atoms with E-state index in [2.05, 4.69) is 67.3 Å². The molecule has 0 spiro atoms. The molecule has 0 radical (unpaired) electrons. The van der Waals surface area contributed by atoms with Crippen LogP contribution in [0.3, 0.4) is 0 Å². The number of benzene rings is 6. The van der Waals surface area contributed by atoms with E-state index in [0.29, 0.717) is 55.4 Å². The Balaban J connectivity index is 1.11. The normalized spacial score (nSPS) is 23.0. The summed E-state index contributed by atoms with van der Waals surface area (Å²) in [5, 5.41) is 27.5. The maximum Gasteiger partial charge on any atom is 0.410 e. The third-order valence-electron chi connectivity index (χ3n) is 15.7. The minimum absolute atomic E-state index is 0.00610. The highest BCUT2D eigenvalue weighted by Gasteiger charge is 2.66. The highest BCUT2D eigenvalue weighted by Crippen LogP contribution is 2.62. The molecule has 1 saturated heterocycles. The molecule has 12 heteroatoms. The van der Waals surface area contributed by atoms with Crippen molar-refractivity contribution in [3.05, 3.63) is 187 Å². The molecule has 0 bridgehead atoms. The fraction of sp³-hybridized carbons (Fsp3) is 0.385. The fourth-order valence-electron chi connectivity index (χ4n) is 12.1. The highest BCUT2D eigenvalue weighted by atomic mass is 16.8.